The Morgan fingerprint density at radius 1 is 1.30 bits per heavy atom. The maximum atomic E-state index is 11.1. The molecule has 20 heavy (non-hydrogen) atoms. The average molecular weight is 292 g/mol. The number of nitro groups is 1. The molecule has 0 aliphatic carbocycles. The van der Waals surface area contributed by atoms with Crippen LogP contribution in [-0.2, 0) is 0 Å². The molecule has 0 aliphatic heterocycles. The third-order valence-electron chi connectivity index (χ3n) is 2.50. The third kappa shape index (κ3) is 2.78. The molecule has 1 heterocycles. The van der Waals surface area contributed by atoms with Gasteiger partial charge in [0.2, 0.25) is 11.6 Å². The number of nitrogens with zero attached hydrogens (tertiary/aromatic N) is 3. The molecule has 0 spiro atoms. The summed E-state index contributed by atoms with van der Waals surface area (Å²) in [6.45, 7) is 0. The molecule has 2 rings (SSSR count). The minimum absolute atomic E-state index is 0.0471. The number of rotatable bonds is 5. The van der Waals surface area contributed by atoms with Crippen LogP contribution in [0.5, 0.6) is 0 Å². The Morgan fingerprint density at radius 2 is 2.00 bits per heavy atom. The smallest absolute Gasteiger partial charge is 0.333 e. The first-order valence-electron chi connectivity index (χ1n) is 5.53. The van der Waals surface area contributed by atoms with E-state index in [1.807, 2.05) is 30.5 Å². The fourth-order valence-electron chi connectivity index (χ4n) is 1.62. The molecule has 0 amide bonds. The molecule has 4 N–H and O–H groups in total. The van der Waals surface area contributed by atoms with Gasteiger partial charge >= 0.3 is 5.69 Å². The quantitative estimate of drug-likeness (QED) is 0.332. The van der Waals surface area contributed by atoms with Crippen LogP contribution in [0, 0.1) is 10.1 Å². The predicted molar refractivity (Wildman–Crippen MR) is 78.0 cm³/mol. The first kappa shape index (κ1) is 14.0. The summed E-state index contributed by atoms with van der Waals surface area (Å²) in [5.74, 6) is 5.27. The third-order valence-corrected chi connectivity index (χ3v) is 3.30. The predicted octanol–water partition coefficient (Wildman–Crippen LogP) is 2.14. The molecule has 1 aromatic heterocycles. The van der Waals surface area contributed by atoms with Gasteiger partial charge in [0.05, 0.1) is 10.6 Å². The molecule has 0 fully saturated rings. The zero-order valence-corrected chi connectivity index (χ0v) is 11.3. The molecule has 104 valence electrons. The molecule has 0 radical (unpaired) electrons. The molecule has 0 unspecified atom stereocenters. The first-order chi connectivity index (χ1) is 9.67. The van der Waals surface area contributed by atoms with Crippen molar-refractivity contribution in [1.29, 1.82) is 0 Å². The lowest BCUT2D eigenvalue weighted by Gasteiger charge is -2.10. The second-order valence-electron chi connectivity index (χ2n) is 3.65. The van der Waals surface area contributed by atoms with Crippen molar-refractivity contribution >= 4 is 34.8 Å². The fourth-order valence-corrected chi connectivity index (χ4v) is 2.18. The highest BCUT2D eigenvalue weighted by atomic mass is 32.2. The fraction of sp³-hybridized carbons (Fsp3) is 0.0909. The molecule has 0 aliphatic rings. The second-order valence-corrected chi connectivity index (χ2v) is 4.49. The van der Waals surface area contributed by atoms with E-state index in [9.17, 15) is 10.1 Å². The number of para-hydroxylation sites is 1. The topological polar surface area (TPSA) is 119 Å². The van der Waals surface area contributed by atoms with E-state index in [-0.39, 0.29) is 17.3 Å². The molecule has 2 aromatic rings. The van der Waals surface area contributed by atoms with Crippen molar-refractivity contribution in [3.05, 3.63) is 40.7 Å². The summed E-state index contributed by atoms with van der Waals surface area (Å²) in [4.78, 5) is 19.1. The number of nitrogens with one attached hydrogen (secondary N) is 2. The van der Waals surface area contributed by atoms with Gasteiger partial charge in [-0.1, -0.05) is 12.1 Å². The van der Waals surface area contributed by atoms with Gasteiger partial charge in [0.25, 0.3) is 0 Å². The summed E-state index contributed by atoms with van der Waals surface area (Å²) >= 11 is 1.52. The first-order valence-corrected chi connectivity index (χ1v) is 6.76. The van der Waals surface area contributed by atoms with Crippen LogP contribution < -0.4 is 16.6 Å². The van der Waals surface area contributed by atoms with Crippen molar-refractivity contribution in [3.63, 3.8) is 0 Å². The second kappa shape index (κ2) is 6.17. The summed E-state index contributed by atoms with van der Waals surface area (Å²) in [5.41, 5.74) is 2.62. The van der Waals surface area contributed by atoms with Crippen molar-refractivity contribution in [3.8, 4) is 0 Å². The molecule has 0 atom stereocenters. The van der Waals surface area contributed by atoms with Gasteiger partial charge < -0.3 is 10.7 Å². The van der Waals surface area contributed by atoms with Crippen LogP contribution in [0.15, 0.2) is 35.5 Å². The van der Waals surface area contributed by atoms with Crippen molar-refractivity contribution in [2.75, 3.05) is 17.0 Å². The van der Waals surface area contributed by atoms with Crippen LogP contribution in [0.2, 0.25) is 0 Å². The number of benzene rings is 1. The van der Waals surface area contributed by atoms with Crippen LogP contribution in [0.1, 0.15) is 0 Å². The van der Waals surface area contributed by atoms with E-state index in [4.69, 9.17) is 5.84 Å². The van der Waals surface area contributed by atoms with Crippen LogP contribution in [-0.4, -0.2) is 21.1 Å². The Bertz CT molecular complexity index is 636. The van der Waals surface area contributed by atoms with Crippen LogP contribution in [0.4, 0.5) is 23.0 Å². The van der Waals surface area contributed by atoms with Gasteiger partial charge in [0.15, 0.2) is 0 Å². The Balaban J connectivity index is 2.46. The maximum Gasteiger partial charge on any atom is 0.354 e. The number of anilines is 3. The van der Waals surface area contributed by atoms with Crippen LogP contribution in [0.25, 0.3) is 0 Å². The minimum atomic E-state index is -0.584. The number of hydrogen-bond acceptors (Lipinski definition) is 8. The highest BCUT2D eigenvalue weighted by Crippen LogP contribution is 2.33. The van der Waals surface area contributed by atoms with Crippen molar-refractivity contribution in [2.45, 2.75) is 4.90 Å². The zero-order valence-electron chi connectivity index (χ0n) is 10.5. The molecule has 9 heteroatoms. The van der Waals surface area contributed by atoms with Gasteiger partial charge in [-0.15, -0.1) is 11.8 Å². The average Bonchev–Trinajstić information content (AvgIpc) is 2.47. The van der Waals surface area contributed by atoms with E-state index in [1.54, 1.807) is 0 Å². The Morgan fingerprint density at radius 3 is 2.65 bits per heavy atom. The van der Waals surface area contributed by atoms with Crippen LogP contribution in [0.3, 0.4) is 0 Å². The standard InChI is InChI=1S/C11H12N6O2S/c1-20-8-5-3-2-4-7(8)15-10-9(17(18)19)11(16-12)14-6-13-10/h2-6H,12H2,1H3,(H2,13,14,15,16). The minimum Gasteiger partial charge on any atom is -0.333 e. The molecular weight excluding hydrogens is 280 g/mol. The molecule has 0 bridgehead atoms. The highest BCUT2D eigenvalue weighted by molar-refractivity contribution is 7.98. The van der Waals surface area contributed by atoms with Crippen molar-refractivity contribution < 1.29 is 4.92 Å². The summed E-state index contributed by atoms with van der Waals surface area (Å²) in [5, 5.41) is 14.1. The number of hydrazine groups is 1. The largest absolute Gasteiger partial charge is 0.354 e. The summed E-state index contributed by atoms with van der Waals surface area (Å²) < 4.78 is 0. The van der Waals surface area contributed by atoms with Gasteiger partial charge in [-0.25, -0.2) is 15.8 Å². The van der Waals surface area contributed by atoms with E-state index >= 15 is 0 Å². The van der Waals surface area contributed by atoms with Crippen molar-refractivity contribution in [2.24, 2.45) is 5.84 Å². The summed E-state index contributed by atoms with van der Waals surface area (Å²) in [6.07, 6.45) is 3.12. The normalized spacial score (nSPS) is 10.1. The lowest BCUT2D eigenvalue weighted by molar-refractivity contribution is -0.383. The van der Waals surface area contributed by atoms with Crippen molar-refractivity contribution in [1.82, 2.24) is 9.97 Å². The lowest BCUT2D eigenvalue weighted by atomic mass is 10.3. The summed E-state index contributed by atoms with van der Waals surface area (Å²) in [7, 11) is 0. The SMILES string of the molecule is CSc1ccccc1Nc1ncnc(NN)c1[N+](=O)[O-]. The Hall–Kier alpha value is -2.39. The van der Waals surface area contributed by atoms with Gasteiger partial charge in [-0.05, 0) is 18.4 Å². The van der Waals surface area contributed by atoms with Gasteiger partial charge in [0.1, 0.15) is 6.33 Å². The molecule has 0 saturated heterocycles. The lowest BCUT2D eigenvalue weighted by Crippen LogP contribution is -2.12. The Kier molecular flexibility index (Phi) is 4.33. The number of thioether (sulfide) groups is 1. The number of nitrogens with two attached hydrogens (primary N) is 1. The zero-order chi connectivity index (χ0) is 14.5. The van der Waals surface area contributed by atoms with E-state index in [0.717, 1.165) is 10.6 Å². The monoisotopic (exact) mass is 292 g/mol. The number of hydrogen-bond donors (Lipinski definition) is 3. The van der Waals surface area contributed by atoms with E-state index in [2.05, 4.69) is 20.7 Å². The summed E-state index contributed by atoms with van der Waals surface area (Å²) in [6, 6.07) is 7.44. The Labute approximate surface area is 118 Å². The van der Waals surface area contributed by atoms with E-state index in [1.165, 1.54) is 18.1 Å². The highest BCUT2D eigenvalue weighted by Gasteiger charge is 2.22. The molecule has 8 nitrogen and oxygen atoms in total. The van der Waals surface area contributed by atoms with Gasteiger partial charge in [-0.2, -0.15) is 0 Å². The van der Waals surface area contributed by atoms with Gasteiger partial charge in [-0.3, -0.25) is 10.1 Å². The van der Waals surface area contributed by atoms with Gasteiger partial charge in [0, 0.05) is 4.90 Å². The molecular formula is C11H12N6O2S. The maximum absolute atomic E-state index is 11.1. The van der Waals surface area contributed by atoms with Crippen LogP contribution >= 0.6 is 11.8 Å². The number of aromatic nitrogens is 2. The van der Waals surface area contributed by atoms with E-state index < -0.39 is 4.92 Å². The van der Waals surface area contributed by atoms with E-state index in [0.29, 0.717) is 0 Å². The molecule has 1 aromatic carbocycles. The number of nitrogen functional groups attached to an aromatic ring is 1. The molecule has 0 saturated carbocycles.